The Morgan fingerprint density at radius 1 is 1.18 bits per heavy atom. The van der Waals surface area contributed by atoms with Gasteiger partial charge in [-0.3, -0.25) is 4.98 Å². The summed E-state index contributed by atoms with van der Waals surface area (Å²) in [5, 5.41) is 4.89. The van der Waals surface area contributed by atoms with Crippen LogP contribution in [-0.2, 0) is 0 Å². The van der Waals surface area contributed by atoms with Gasteiger partial charge in [0.1, 0.15) is 0 Å². The zero-order valence-electron chi connectivity index (χ0n) is 8.95. The first-order valence-corrected chi connectivity index (χ1v) is 5.99. The maximum Gasteiger partial charge on any atom is 0.0702 e. The molecule has 0 bridgehead atoms. The molecule has 0 spiro atoms. The van der Waals surface area contributed by atoms with Crippen molar-refractivity contribution >= 4 is 22.4 Å². The van der Waals surface area contributed by atoms with E-state index in [1.54, 1.807) is 6.20 Å². The lowest BCUT2D eigenvalue weighted by Crippen LogP contribution is -2.10. The molecule has 0 radical (unpaired) electrons. The van der Waals surface area contributed by atoms with Gasteiger partial charge in [-0.25, -0.2) is 0 Å². The van der Waals surface area contributed by atoms with Gasteiger partial charge in [-0.15, -0.1) is 5.10 Å². The van der Waals surface area contributed by atoms with Gasteiger partial charge < -0.3 is 5.73 Å². The average molecular weight is 242 g/mol. The van der Waals surface area contributed by atoms with Crippen LogP contribution in [0.2, 0.25) is 0 Å². The van der Waals surface area contributed by atoms with E-state index in [1.165, 1.54) is 11.5 Å². The lowest BCUT2D eigenvalue weighted by molar-refractivity contribution is 0.883. The fraction of sp³-hybridized carbons (Fsp3) is 0.0833. The molecule has 2 N–H and O–H groups in total. The van der Waals surface area contributed by atoms with E-state index in [-0.39, 0.29) is 6.04 Å². The molecule has 0 saturated heterocycles. The molecular weight excluding hydrogens is 232 g/mol. The first-order valence-electron chi connectivity index (χ1n) is 5.22. The van der Waals surface area contributed by atoms with E-state index in [2.05, 4.69) is 20.6 Å². The zero-order valence-corrected chi connectivity index (χ0v) is 9.76. The normalized spacial score (nSPS) is 12.8. The van der Waals surface area contributed by atoms with Crippen LogP contribution >= 0.6 is 11.5 Å². The van der Waals surface area contributed by atoms with Crippen molar-refractivity contribution in [2.24, 2.45) is 5.73 Å². The highest BCUT2D eigenvalue weighted by Gasteiger charge is 2.12. The number of pyridine rings is 1. The predicted octanol–water partition coefficient (Wildman–Crippen LogP) is 2.13. The number of rotatable bonds is 2. The summed E-state index contributed by atoms with van der Waals surface area (Å²) in [7, 11) is 0. The monoisotopic (exact) mass is 242 g/mol. The molecule has 0 fully saturated rings. The Bertz CT molecular complexity index is 636. The van der Waals surface area contributed by atoms with Crippen LogP contribution in [0.3, 0.4) is 0 Å². The Kier molecular flexibility index (Phi) is 2.55. The van der Waals surface area contributed by atoms with Crippen LogP contribution in [0.1, 0.15) is 16.5 Å². The Morgan fingerprint density at radius 3 is 2.88 bits per heavy atom. The van der Waals surface area contributed by atoms with Crippen LogP contribution in [0.4, 0.5) is 0 Å². The SMILES string of the molecule is NC(c1cnc2ccccc2c1)c1cnns1. The number of para-hydroxylation sites is 1. The summed E-state index contributed by atoms with van der Waals surface area (Å²) in [4.78, 5) is 5.34. The van der Waals surface area contributed by atoms with E-state index in [4.69, 9.17) is 5.73 Å². The third kappa shape index (κ3) is 1.90. The Labute approximate surface area is 102 Å². The number of aromatic nitrogens is 3. The first-order chi connectivity index (χ1) is 8.34. The average Bonchev–Trinajstić information content (AvgIpc) is 2.91. The van der Waals surface area contributed by atoms with Crippen molar-refractivity contribution in [3.8, 4) is 0 Å². The summed E-state index contributed by atoms with van der Waals surface area (Å²) < 4.78 is 3.82. The van der Waals surface area contributed by atoms with Crippen molar-refractivity contribution < 1.29 is 0 Å². The van der Waals surface area contributed by atoms with E-state index in [9.17, 15) is 0 Å². The molecule has 5 heteroatoms. The van der Waals surface area contributed by atoms with Gasteiger partial charge in [-0.2, -0.15) is 0 Å². The highest BCUT2D eigenvalue weighted by molar-refractivity contribution is 7.05. The molecule has 17 heavy (non-hydrogen) atoms. The van der Waals surface area contributed by atoms with Crippen LogP contribution < -0.4 is 5.73 Å². The summed E-state index contributed by atoms with van der Waals surface area (Å²) in [6, 6.07) is 9.84. The molecule has 1 aromatic carbocycles. The summed E-state index contributed by atoms with van der Waals surface area (Å²) in [6.45, 7) is 0. The van der Waals surface area contributed by atoms with E-state index in [0.717, 1.165) is 21.3 Å². The highest BCUT2D eigenvalue weighted by atomic mass is 32.1. The van der Waals surface area contributed by atoms with Crippen LogP contribution in [0, 0.1) is 0 Å². The molecule has 0 aliphatic heterocycles. The maximum atomic E-state index is 6.14. The van der Waals surface area contributed by atoms with Gasteiger partial charge in [0.25, 0.3) is 0 Å². The third-order valence-electron chi connectivity index (χ3n) is 2.66. The molecule has 0 aliphatic rings. The Hall–Kier alpha value is -1.85. The minimum atomic E-state index is -0.202. The maximum absolute atomic E-state index is 6.14. The minimum absolute atomic E-state index is 0.202. The highest BCUT2D eigenvalue weighted by Crippen LogP contribution is 2.23. The Balaban J connectivity index is 2.06. The van der Waals surface area contributed by atoms with Gasteiger partial charge >= 0.3 is 0 Å². The molecule has 3 rings (SSSR count). The molecular formula is C12H10N4S. The standard InChI is InChI=1S/C12H10N4S/c13-12(11-7-15-16-17-11)9-5-8-3-1-2-4-10(8)14-6-9/h1-7,12H,13H2. The summed E-state index contributed by atoms with van der Waals surface area (Å²) in [5.41, 5.74) is 8.10. The number of nitrogens with two attached hydrogens (primary N) is 1. The van der Waals surface area contributed by atoms with Crippen molar-refractivity contribution in [2.75, 3.05) is 0 Å². The summed E-state index contributed by atoms with van der Waals surface area (Å²) in [6.07, 6.45) is 3.51. The predicted molar refractivity (Wildman–Crippen MR) is 67.7 cm³/mol. The second kappa shape index (κ2) is 4.20. The van der Waals surface area contributed by atoms with Crippen LogP contribution in [-0.4, -0.2) is 14.6 Å². The minimum Gasteiger partial charge on any atom is -0.319 e. The van der Waals surface area contributed by atoms with Crippen molar-refractivity contribution in [2.45, 2.75) is 6.04 Å². The molecule has 84 valence electrons. The van der Waals surface area contributed by atoms with E-state index in [1.807, 2.05) is 30.5 Å². The van der Waals surface area contributed by atoms with Crippen molar-refractivity contribution in [3.05, 3.63) is 53.2 Å². The molecule has 0 saturated carbocycles. The second-order valence-corrected chi connectivity index (χ2v) is 4.58. The van der Waals surface area contributed by atoms with Gasteiger partial charge in [-0.05, 0) is 29.2 Å². The Morgan fingerprint density at radius 2 is 2.06 bits per heavy atom. The van der Waals surface area contributed by atoms with Gasteiger partial charge in [0.05, 0.1) is 22.6 Å². The lowest BCUT2D eigenvalue weighted by Gasteiger charge is -2.09. The fourth-order valence-electron chi connectivity index (χ4n) is 1.73. The fourth-order valence-corrected chi connectivity index (χ4v) is 2.27. The van der Waals surface area contributed by atoms with E-state index >= 15 is 0 Å². The van der Waals surface area contributed by atoms with E-state index < -0.39 is 0 Å². The molecule has 1 atom stereocenters. The molecule has 4 nitrogen and oxygen atoms in total. The largest absolute Gasteiger partial charge is 0.319 e. The molecule has 2 aromatic heterocycles. The van der Waals surface area contributed by atoms with Crippen molar-refractivity contribution in [1.82, 2.24) is 14.6 Å². The van der Waals surface area contributed by atoms with E-state index in [0.29, 0.717) is 0 Å². The summed E-state index contributed by atoms with van der Waals surface area (Å²) in [5.74, 6) is 0. The second-order valence-electron chi connectivity index (χ2n) is 3.76. The smallest absolute Gasteiger partial charge is 0.0702 e. The summed E-state index contributed by atoms with van der Waals surface area (Å²) >= 11 is 1.32. The third-order valence-corrected chi connectivity index (χ3v) is 3.40. The quantitative estimate of drug-likeness (QED) is 0.747. The molecule has 2 heterocycles. The first kappa shape index (κ1) is 10.3. The number of hydrogen-bond acceptors (Lipinski definition) is 5. The van der Waals surface area contributed by atoms with Gasteiger partial charge in [0.2, 0.25) is 0 Å². The number of fused-ring (bicyclic) bond motifs is 1. The van der Waals surface area contributed by atoms with Crippen molar-refractivity contribution in [3.63, 3.8) is 0 Å². The lowest BCUT2D eigenvalue weighted by atomic mass is 10.1. The van der Waals surface area contributed by atoms with Gasteiger partial charge in [0.15, 0.2) is 0 Å². The zero-order chi connectivity index (χ0) is 11.7. The number of hydrogen-bond donors (Lipinski definition) is 1. The molecule has 0 amide bonds. The van der Waals surface area contributed by atoms with Crippen molar-refractivity contribution in [1.29, 1.82) is 0 Å². The van der Waals surface area contributed by atoms with Crippen LogP contribution in [0.25, 0.3) is 10.9 Å². The molecule has 1 unspecified atom stereocenters. The number of nitrogens with zero attached hydrogens (tertiary/aromatic N) is 3. The van der Waals surface area contributed by atoms with Crippen LogP contribution in [0.5, 0.6) is 0 Å². The van der Waals surface area contributed by atoms with Gasteiger partial charge in [-0.1, -0.05) is 22.7 Å². The van der Waals surface area contributed by atoms with Gasteiger partial charge in [0, 0.05) is 11.6 Å². The molecule has 3 aromatic rings. The molecule has 0 aliphatic carbocycles. The van der Waals surface area contributed by atoms with Crippen LogP contribution in [0.15, 0.2) is 42.7 Å². The topological polar surface area (TPSA) is 64.7 Å². The number of benzene rings is 1.